The van der Waals surface area contributed by atoms with Crippen molar-refractivity contribution in [3.8, 4) is 0 Å². The minimum atomic E-state index is -3.60. The number of fused-ring (bicyclic) bond motifs is 1. The predicted octanol–water partition coefficient (Wildman–Crippen LogP) is 1.00. The Labute approximate surface area is 137 Å². The molecule has 1 aromatic rings. The van der Waals surface area contributed by atoms with Gasteiger partial charge in [-0.2, -0.15) is 0 Å². The molecule has 23 heavy (non-hydrogen) atoms. The molecule has 2 atom stereocenters. The number of nitrogens with one attached hydrogen (secondary N) is 1. The van der Waals surface area contributed by atoms with Gasteiger partial charge >= 0.3 is 0 Å². The molecule has 1 aromatic carbocycles. The highest BCUT2D eigenvalue weighted by Crippen LogP contribution is 2.31. The van der Waals surface area contributed by atoms with E-state index >= 15 is 0 Å². The average Bonchev–Trinajstić information content (AvgIpc) is 3.11. The molecule has 0 saturated heterocycles. The van der Waals surface area contributed by atoms with Crippen LogP contribution in [0.15, 0.2) is 23.1 Å². The Hall–Kier alpha value is -1.44. The summed E-state index contributed by atoms with van der Waals surface area (Å²) >= 11 is 0. The predicted molar refractivity (Wildman–Crippen MR) is 88.7 cm³/mol. The van der Waals surface area contributed by atoms with Crippen molar-refractivity contribution in [2.24, 2.45) is 11.7 Å². The molecule has 3 N–H and O–H groups in total. The first kappa shape index (κ1) is 16.4. The summed E-state index contributed by atoms with van der Waals surface area (Å²) in [5.74, 6) is 0.137. The van der Waals surface area contributed by atoms with E-state index in [4.69, 9.17) is 5.73 Å². The molecule has 1 amide bonds. The SMILES string of the molecule is CC(=O)N1CCc2ccc(S(=O)(=O)N[C@@H]3CCC[C@H]3CN)cc21. The van der Waals surface area contributed by atoms with E-state index in [0.717, 1.165) is 31.2 Å². The summed E-state index contributed by atoms with van der Waals surface area (Å²) in [5, 5.41) is 0. The average molecular weight is 337 g/mol. The van der Waals surface area contributed by atoms with Gasteiger partial charge in [0.05, 0.1) is 4.90 Å². The van der Waals surface area contributed by atoms with Crippen LogP contribution in [0.5, 0.6) is 0 Å². The van der Waals surface area contributed by atoms with Crippen molar-refractivity contribution in [3.05, 3.63) is 23.8 Å². The number of sulfonamides is 1. The molecule has 2 aliphatic rings. The molecule has 1 saturated carbocycles. The van der Waals surface area contributed by atoms with E-state index in [1.165, 1.54) is 6.92 Å². The molecular formula is C16H23N3O3S. The van der Waals surface area contributed by atoms with Crippen LogP contribution in [0.2, 0.25) is 0 Å². The second-order valence-electron chi connectivity index (χ2n) is 6.37. The van der Waals surface area contributed by atoms with Crippen molar-refractivity contribution in [1.29, 1.82) is 0 Å². The van der Waals surface area contributed by atoms with E-state index in [0.29, 0.717) is 18.8 Å². The molecule has 7 heteroatoms. The number of benzene rings is 1. The molecule has 0 radical (unpaired) electrons. The summed E-state index contributed by atoms with van der Waals surface area (Å²) in [5.41, 5.74) is 7.45. The lowest BCUT2D eigenvalue weighted by atomic mass is 10.1. The number of nitrogens with two attached hydrogens (primary N) is 1. The second-order valence-corrected chi connectivity index (χ2v) is 8.08. The first-order valence-electron chi connectivity index (χ1n) is 8.06. The van der Waals surface area contributed by atoms with E-state index < -0.39 is 10.0 Å². The van der Waals surface area contributed by atoms with E-state index in [1.54, 1.807) is 17.0 Å². The quantitative estimate of drug-likeness (QED) is 0.857. The van der Waals surface area contributed by atoms with Crippen LogP contribution in [0.25, 0.3) is 0 Å². The van der Waals surface area contributed by atoms with Gasteiger partial charge in [0.25, 0.3) is 0 Å². The maximum Gasteiger partial charge on any atom is 0.240 e. The molecule has 1 aliphatic heterocycles. The number of hydrogen-bond donors (Lipinski definition) is 2. The number of anilines is 1. The Bertz CT molecular complexity index is 717. The molecule has 6 nitrogen and oxygen atoms in total. The van der Waals surface area contributed by atoms with Gasteiger partial charge < -0.3 is 10.6 Å². The Morgan fingerprint density at radius 1 is 1.39 bits per heavy atom. The number of nitrogens with zero attached hydrogens (tertiary/aromatic N) is 1. The van der Waals surface area contributed by atoms with Gasteiger partial charge in [-0.05, 0) is 49.4 Å². The van der Waals surface area contributed by atoms with Gasteiger partial charge in [-0.3, -0.25) is 4.79 Å². The fraction of sp³-hybridized carbons (Fsp3) is 0.562. The maximum absolute atomic E-state index is 12.7. The molecular weight excluding hydrogens is 314 g/mol. The summed E-state index contributed by atoms with van der Waals surface area (Å²) < 4.78 is 28.1. The van der Waals surface area contributed by atoms with Crippen LogP contribution in [0.4, 0.5) is 5.69 Å². The van der Waals surface area contributed by atoms with Crippen LogP contribution in [-0.2, 0) is 21.2 Å². The molecule has 1 fully saturated rings. The summed E-state index contributed by atoms with van der Waals surface area (Å²) in [4.78, 5) is 13.5. The van der Waals surface area contributed by atoms with Crippen LogP contribution in [0.3, 0.4) is 0 Å². The second kappa shape index (κ2) is 6.22. The number of rotatable bonds is 4. The summed E-state index contributed by atoms with van der Waals surface area (Å²) in [6, 6.07) is 4.94. The Kier molecular flexibility index (Phi) is 4.44. The smallest absolute Gasteiger partial charge is 0.240 e. The Morgan fingerprint density at radius 2 is 2.17 bits per heavy atom. The third-order valence-electron chi connectivity index (χ3n) is 4.91. The lowest BCUT2D eigenvalue weighted by Crippen LogP contribution is -2.39. The third kappa shape index (κ3) is 3.13. The topological polar surface area (TPSA) is 92.5 Å². The normalized spacial score (nSPS) is 24.0. The highest BCUT2D eigenvalue weighted by atomic mass is 32.2. The van der Waals surface area contributed by atoms with E-state index in [2.05, 4.69) is 4.72 Å². The first-order valence-corrected chi connectivity index (χ1v) is 9.54. The largest absolute Gasteiger partial charge is 0.330 e. The Balaban J connectivity index is 1.86. The highest BCUT2D eigenvalue weighted by Gasteiger charge is 2.31. The molecule has 0 bridgehead atoms. The fourth-order valence-corrected chi connectivity index (χ4v) is 4.95. The van der Waals surface area contributed by atoms with Crippen molar-refractivity contribution >= 4 is 21.6 Å². The summed E-state index contributed by atoms with van der Waals surface area (Å²) in [6.45, 7) is 2.61. The van der Waals surface area contributed by atoms with Crippen LogP contribution in [0, 0.1) is 5.92 Å². The fourth-order valence-electron chi connectivity index (χ4n) is 3.59. The number of carbonyl (C=O) groups is 1. The third-order valence-corrected chi connectivity index (χ3v) is 6.40. The van der Waals surface area contributed by atoms with Gasteiger partial charge in [-0.15, -0.1) is 0 Å². The highest BCUT2D eigenvalue weighted by molar-refractivity contribution is 7.89. The van der Waals surface area contributed by atoms with Gasteiger partial charge in [0.15, 0.2) is 0 Å². The Morgan fingerprint density at radius 3 is 2.87 bits per heavy atom. The van der Waals surface area contributed by atoms with Crippen LogP contribution in [0.1, 0.15) is 31.7 Å². The summed E-state index contributed by atoms with van der Waals surface area (Å²) in [7, 11) is -3.60. The first-order chi connectivity index (χ1) is 10.9. The molecule has 126 valence electrons. The minimum absolute atomic E-state index is 0.0646. The number of carbonyl (C=O) groups excluding carboxylic acids is 1. The van der Waals surface area contributed by atoms with E-state index in [1.807, 2.05) is 6.07 Å². The zero-order valence-electron chi connectivity index (χ0n) is 13.3. The van der Waals surface area contributed by atoms with Crippen molar-refractivity contribution in [1.82, 2.24) is 4.72 Å². The number of amides is 1. The van der Waals surface area contributed by atoms with Gasteiger partial charge in [0.2, 0.25) is 15.9 Å². The zero-order valence-corrected chi connectivity index (χ0v) is 14.1. The molecule has 0 unspecified atom stereocenters. The monoisotopic (exact) mass is 337 g/mol. The van der Waals surface area contributed by atoms with Crippen molar-refractivity contribution in [2.45, 2.75) is 43.5 Å². The molecule has 0 spiro atoms. The molecule has 1 heterocycles. The molecule has 1 aliphatic carbocycles. The zero-order chi connectivity index (χ0) is 16.6. The van der Waals surface area contributed by atoms with Gasteiger partial charge in [0.1, 0.15) is 0 Å². The van der Waals surface area contributed by atoms with Crippen LogP contribution in [-0.4, -0.2) is 33.5 Å². The van der Waals surface area contributed by atoms with E-state index in [-0.39, 0.29) is 22.8 Å². The van der Waals surface area contributed by atoms with Crippen LogP contribution < -0.4 is 15.4 Å². The van der Waals surface area contributed by atoms with E-state index in [9.17, 15) is 13.2 Å². The standard InChI is InChI=1S/C16H23N3O3S/c1-11(20)19-8-7-12-5-6-14(9-16(12)19)23(21,22)18-15-4-2-3-13(15)10-17/h5-6,9,13,15,18H,2-4,7-8,10,17H2,1H3/t13-,15+/m0/s1. The van der Waals surface area contributed by atoms with Crippen LogP contribution >= 0.6 is 0 Å². The minimum Gasteiger partial charge on any atom is -0.330 e. The van der Waals surface area contributed by atoms with Gasteiger partial charge in [-0.1, -0.05) is 12.5 Å². The molecule has 0 aromatic heterocycles. The maximum atomic E-state index is 12.7. The van der Waals surface area contributed by atoms with Crippen molar-refractivity contribution in [2.75, 3.05) is 18.0 Å². The van der Waals surface area contributed by atoms with Gasteiger partial charge in [-0.25, -0.2) is 13.1 Å². The number of hydrogen-bond acceptors (Lipinski definition) is 4. The van der Waals surface area contributed by atoms with Crippen molar-refractivity contribution < 1.29 is 13.2 Å². The van der Waals surface area contributed by atoms with Gasteiger partial charge in [0, 0.05) is 25.2 Å². The summed E-state index contributed by atoms with van der Waals surface area (Å²) in [6.07, 6.45) is 3.55. The lowest BCUT2D eigenvalue weighted by Gasteiger charge is -2.20. The molecule has 3 rings (SSSR count). The lowest BCUT2D eigenvalue weighted by molar-refractivity contribution is -0.116. The van der Waals surface area contributed by atoms with Crippen molar-refractivity contribution in [3.63, 3.8) is 0 Å².